The number of aromatic nitrogens is 1. The molecule has 1 aromatic rings. The third kappa shape index (κ3) is 4.70. The number of unbranched alkanes of at least 4 members (excludes halogenated alkanes) is 1. The molecule has 21 heavy (non-hydrogen) atoms. The summed E-state index contributed by atoms with van der Waals surface area (Å²) in [6.07, 6.45) is 3.29. The van der Waals surface area contributed by atoms with E-state index in [1.807, 2.05) is 10.6 Å². The molecule has 0 amide bonds. The summed E-state index contributed by atoms with van der Waals surface area (Å²) in [6, 6.07) is 4.37. The minimum Gasteiger partial charge on any atom is -0.312 e. The molecule has 1 heterocycles. The fourth-order valence-corrected chi connectivity index (χ4v) is 2.49. The molecule has 0 aliphatic heterocycles. The molecule has 1 aromatic heterocycles. The molecule has 0 saturated carbocycles. The smallest absolute Gasteiger partial charge is 0.255 e. The Kier molecular flexibility index (Phi) is 6.66. The van der Waals surface area contributed by atoms with E-state index in [1.165, 1.54) is 6.42 Å². The van der Waals surface area contributed by atoms with Gasteiger partial charge in [0.15, 0.2) is 0 Å². The van der Waals surface area contributed by atoms with Crippen molar-refractivity contribution in [3.05, 3.63) is 33.7 Å². The van der Waals surface area contributed by atoms with Crippen molar-refractivity contribution in [2.24, 2.45) is 0 Å². The third-order valence-corrected chi connectivity index (χ3v) is 4.02. The predicted octanol–water partition coefficient (Wildman–Crippen LogP) is 4.01. The average Bonchev–Trinajstić information content (AvgIpc) is 2.42. The minimum absolute atomic E-state index is 0.0171. The van der Waals surface area contributed by atoms with E-state index in [-0.39, 0.29) is 17.0 Å². The number of hydrogen-bond acceptors (Lipinski definition) is 2. The van der Waals surface area contributed by atoms with E-state index in [1.54, 1.807) is 0 Å². The van der Waals surface area contributed by atoms with E-state index >= 15 is 0 Å². The normalized spacial score (nSPS) is 13.4. The molecule has 1 rings (SSSR count). The van der Waals surface area contributed by atoms with Crippen LogP contribution < -0.4 is 10.9 Å². The Bertz CT molecular complexity index is 497. The van der Waals surface area contributed by atoms with Crippen LogP contribution in [0.25, 0.3) is 0 Å². The van der Waals surface area contributed by atoms with E-state index < -0.39 is 0 Å². The second-order valence-corrected chi connectivity index (χ2v) is 6.96. The van der Waals surface area contributed by atoms with Crippen LogP contribution >= 0.6 is 0 Å². The molecule has 0 bridgehead atoms. The maximum Gasteiger partial charge on any atom is 0.255 e. The van der Waals surface area contributed by atoms with Crippen LogP contribution in [0.1, 0.15) is 78.1 Å². The van der Waals surface area contributed by atoms with Crippen molar-refractivity contribution in [3.63, 3.8) is 0 Å². The van der Waals surface area contributed by atoms with Gasteiger partial charge in [-0.25, -0.2) is 0 Å². The van der Waals surface area contributed by atoms with Crippen LogP contribution in [0, 0.1) is 0 Å². The number of pyridine rings is 1. The van der Waals surface area contributed by atoms with Gasteiger partial charge in [-0.1, -0.05) is 47.1 Å². The molecular weight excluding hydrogens is 260 g/mol. The average molecular weight is 292 g/mol. The zero-order valence-corrected chi connectivity index (χ0v) is 14.6. The standard InChI is InChI=1S/C18H32N2O/c1-7-9-12-19-13-15-10-11-16(18(4,5)6)20(17(15)21)14(3)8-2/h10-11,14,19H,7-9,12-13H2,1-6H3. The first-order valence-electron chi connectivity index (χ1n) is 8.28. The van der Waals surface area contributed by atoms with Crippen molar-refractivity contribution in [2.45, 2.75) is 78.8 Å². The Morgan fingerprint density at radius 3 is 2.43 bits per heavy atom. The van der Waals surface area contributed by atoms with E-state index in [9.17, 15) is 4.79 Å². The van der Waals surface area contributed by atoms with E-state index in [0.717, 1.165) is 30.6 Å². The van der Waals surface area contributed by atoms with Crippen LogP contribution in [-0.4, -0.2) is 11.1 Å². The van der Waals surface area contributed by atoms with Crippen molar-refractivity contribution in [1.82, 2.24) is 9.88 Å². The summed E-state index contributed by atoms with van der Waals surface area (Å²) in [6.45, 7) is 14.6. The van der Waals surface area contributed by atoms with Crippen molar-refractivity contribution >= 4 is 0 Å². The van der Waals surface area contributed by atoms with Crippen LogP contribution in [0.5, 0.6) is 0 Å². The van der Waals surface area contributed by atoms with Gasteiger partial charge in [-0.2, -0.15) is 0 Å². The lowest BCUT2D eigenvalue weighted by Crippen LogP contribution is -2.35. The molecule has 0 aromatic carbocycles. The highest BCUT2D eigenvalue weighted by molar-refractivity contribution is 5.22. The Balaban J connectivity index is 3.13. The van der Waals surface area contributed by atoms with Gasteiger partial charge in [-0.05, 0) is 32.4 Å². The largest absolute Gasteiger partial charge is 0.312 e. The lowest BCUT2D eigenvalue weighted by Gasteiger charge is -2.28. The highest BCUT2D eigenvalue weighted by atomic mass is 16.1. The molecule has 0 aliphatic rings. The molecule has 1 N–H and O–H groups in total. The van der Waals surface area contributed by atoms with Crippen LogP contribution in [0.3, 0.4) is 0 Å². The second kappa shape index (κ2) is 7.79. The molecule has 1 atom stereocenters. The Hall–Kier alpha value is -1.09. The molecule has 0 spiro atoms. The molecule has 1 unspecified atom stereocenters. The maximum atomic E-state index is 12.8. The summed E-state index contributed by atoms with van der Waals surface area (Å²) < 4.78 is 2.00. The number of rotatable bonds is 7. The topological polar surface area (TPSA) is 34.0 Å². The maximum absolute atomic E-state index is 12.8. The first-order chi connectivity index (χ1) is 9.82. The summed E-state index contributed by atoms with van der Waals surface area (Å²) >= 11 is 0. The lowest BCUT2D eigenvalue weighted by atomic mass is 9.90. The molecule has 120 valence electrons. The summed E-state index contributed by atoms with van der Waals surface area (Å²) in [5.74, 6) is 0. The van der Waals surface area contributed by atoms with Crippen LogP contribution in [-0.2, 0) is 12.0 Å². The second-order valence-electron chi connectivity index (χ2n) is 6.96. The van der Waals surface area contributed by atoms with Gasteiger partial charge < -0.3 is 9.88 Å². The Labute approximate surface area is 129 Å². The molecule has 0 saturated heterocycles. The highest BCUT2D eigenvalue weighted by Crippen LogP contribution is 2.24. The van der Waals surface area contributed by atoms with Crippen molar-refractivity contribution in [2.75, 3.05) is 6.54 Å². The van der Waals surface area contributed by atoms with Crippen LogP contribution in [0.4, 0.5) is 0 Å². The van der Waals surface area contributed by atoms with Gasteiger partial charge in [0, 0.05) is 29.3 Å². The monoisotopic (exact) mass is 292 g/mol. The minimum atomic E-state index is -0.0171. The Morgan fingerprint density at radius 2 is 1.90 bits per heavy atom. The summed E-state index contributed by atoms with van der Waals surface area (Å²) in [4.78, 5) is 12.8. The van der Waals surface area contributed by atoms with Crippen molar-refractivity contribution in [1.29, 1.82) is 0 Å². The van der Waals surface area contributed by atoms with Crippen LogP contribution in [0.2, 0.25) is 0 Å². The molecule has 0 radical (unpaired) electrons. The van der Waals surface area contributed by atoms with E-state index in [0.29, 0.717) is 6.54 Å². The first kappa shape index (κ1) is 18.0. The fraction of sp³-hybridized carbons (Fsp3) is 0.722. The summed E-state index contributed by atoms with van der Waals surface area (Å²) in [7, 11) is 0. The Morgan fingerprint density at radius 1 is 1.24 bits per heavy atom. The van der Waals surface area contributed by atoms with Gasteiger partial charge in [0.1, 0.15) is 0 Å². The highest BCUT2D eigenvalue weighted by Gasteiger charge is 2.22. The van der Waals surface area contributed by atoms with Crippen molar-refractivity contribution in [3.8, 4) is 0 Å². The van der Waals surface area contributed by atoms with E-state index in [2.05, 4.69) is 52.9 Å². The van der Waals surface area contributed by atoms with Gasteiger partial charge in [0.25, 0.3) is 5.56 Å². The zero-order chi connectivity index (χ0) is 16.0. The van der Waals surface area contributed by atoms with E-state index in [4.69, 9.17) is 0 Å². The zero-order valence-electron chi connectivity index (χ0n) is 14.6. The van der Waals surface area contributed by atoms with Gasteiger partial charge in [0.05, 0.1) is 0 Å². The molecule has 0 aliphatic carbocycles. The first-order valence-corrected chi connectivity index (χ1v) is 8.28. The molecule has 3 nitrogen and oxygen atoms in total. The molecule has 0 fully saturated rings. The fourth-order valence-electron chi connectivity index (χ4n) is 2.49. The quantitative estimate of drug-likeness (QED) is 0.771. The van der Waals surface area contributed by atoms with Gasteiger partial charge in [-0.15, -0.1) is 0 Å². The van der Waals surface area contributed by atoms with Gasteiger partial charge in [0.2, 0.25) is 0 Å². The predicted molar refractivity (Wildman–Crippen MR) is 91.0 cm³/mol. The SMILES string of the molecule is CCCCNCc1ccc(C(C)(C)C)n(C(C)CC)c1=O. The van der Waals surface area contributed by atoms with Gasteiger partial charge >= 0.3 is 0 Å². The summed E-state index contributed by atoms with van der Waals surface area (Å²) in [5.41, 5.74) is 2.15. The lowest BCUT2D eigenvalue weighted by molar-refractivity contribution is 0.435. The molecule has 3 heteroatoms. The van der Waals surface area contributed by atoms with Gasteiger partial charge in [-0.3, -0.25) is 4.79 Å². The number of nitrogens with zero attached hydrogens (tertiary/aromatic N) is 1. The third-order valence-electron chi connectivity index (χ3n) is 4.02. The number of hydrogen-bond donors (Lipinski definition) is 1. The number of nitrogens with one attached hydrogen (secondary N) is 1. The summed E-state index contributed by atoms with van der Waals surface area (Å²) in [5, 5.41) is 3.37. The van der Waals surface area contributed by atoms with Crippen LogP contribution in [0.15, 0.2) is 16.9 Å². The van der Waals surface area contributed by atoms with Crippen molar-refractivity contribution < 1.29 is 0 Å². The molecular formula is C18H32N2O.